The fourth-order valence-electron chi connectivity index (χ4n) is 1.86. The number of nitrogens with one attached hydrogen (secondary N) is 2. The van der Waals surface area contributed by atoms with E-state index in [2.05, 4.69) is 15.5 Å². The first-order chi connectivity index (χ1) is 9.49. The molecule has 2 aromatic rings. The minimum absolute atomic E-state index is 0.0612. The van der Waals surface area contributed by atoms with Gasteiger partial charge in [-0.1, -0.05) is 0 Å². The van der Waals surface area contributed by atoms with E-state index in [0.29, 0.717) is 17.8 Å². The van der Waals surface area contributed by atoms with Gasteiger partial charge < -0.3 is 16.0 Å². The number of carbonyl (C=O) groups excluding carboxylic acids is 1. The smallest absolute Gasteiger partial charge is 0.253 e. The predicted octanol–water partition coefficient (Wildman–Crippen LogP) is 1.61. The highest BCUT2D eigenvalue weighted by Gasteiger charge is 2.10. The zero-order chi connectivity index (χ0) is 14.7. The number of aromatic amines is 1. The summed E-state index contributed by atoms with van der Waals surface area (Å²) in [5.41, 5.74) is 10.0. The average molecular weight is 273 g/mol. The Bertz CT molecular complexity index is 618. The van der Waals surface area contributed by atoms with E-state index in [1.54, 1.807) is 32.4 Å². The third-order valence-corrected chi connectivity index (χ3v) is 3.11. The number of amides is 1. The van der Waals surface area contributed by atoms with Crippen molar-refractivity contribution in [2.24, 2.45) is 0 Å². The summed E-state index contributed by atoms with van der Waals surface area (Å²) in [5.74, 6) is -0.0612. The summed E-state index contributed by atoms with van der Waals surface area (Å²) in [6, 6.07) is 5.28. The third-order valence-electron chi connectivity index (χ3n) is 3.11. The maximum Gasteiger partial charge on any atom is 0.253 e. The Labute approximate surface area is 118 Å². The molecule has 1 heterocycles. The van der Waals surface area contributed by atoms with Crippen molar-refractivity contribution in [1.29, 1.82) is 0 Å². The van der Waals surface area contributed by atoms with Crippen LogP contribution in [0.1, 0.15) is 21.6 Å². The van der Waals surface area contributed by atoms with E-state index in [1.165, 1.54) is 4.90 Å². The summed E-state index contributed by atoms with van der Waals surface area (Å²) in [6.07, 6.45) is 1.78. The molecule has 0 saturated heterocycles. The van der Waals surface area contributed by atoms with Crippen LogP contribution in [0.5, 0.6) is 0 Å². The van der Waals surface area contributed by atoms with Gasteiger partial charge in [0.1, 0.15) is 0 Å². The molecule has 106 valence electrons. The molecule has 6 heteroatoms. The molecule has 0 aliphatic heterocycles. The number of nitrogens with zero attached hydrogens (tertiary/aromatic N) is 2. The number of benzene rings is 1. The number of H-pyrrole nitrogens is 1. The van der Waals surface area contributed by atoms with Crippen molar-refractivity contribution in [1.82, 2.24) is 15.1 Å². The van der Waals surface area contributed by atoms with Crippen LogP contribution in [0, 0.1) is 6.92 Å². The lowest BCUT2D eigenvalue weighted by Crippen LogP contribution is -2.21. The van der Waals surface area contributed by atoms with Crippen LogP contribution in [0.3, 0.4) is 0 Å². The van der Waals surface area contributed by atoms with Gasteiger partial charge in [0.2, 0.25) is 0 Å². The van der Waals surface area contributed by atoms with E-state index >= 15 is 0 Å². The molecule has 1 aromatic carbocycles. The molecule has 0 unspecified atom stereocenters. The highest BCUT2D eigenvalue weighted by molar-refractivity contribution is 5.95. The van der Waals surface area contributed by atoms with E-state index in [0.717, 1.165) is 16.9 Å². The van der Waals surface area contributed by atoms with Crippen molar-refractivity contribution in [3.8, 4) is 0 Å². The Morgan fingerprint density at radius 3 is 2.75 bits per heavy atom. The molecule has 1 aromatic heterocycles. The normalized spacial score (nSPS) is 10.3. The maximum atomic E-state index is 11.8. The van der Waals surface area contributed by atoms with Crippen LogP contribution in [0.15, 0.2) is 24.4 Å². The average Bonchev–Trinajstić information content (AvgIpc) is 2.82. The number of aryl methyl sites for hydroxylation is 1. The molecule has 0 aliphatic carbocycles. The highest BCUT2D eigenvalue weighted by atomic mass is 16.2. The van der Waals surface area contributed by atoms with Gasteiger partial charge in [0.05, 0.1) is 17.6 Å². The molecule has 4 N–H and O–H groups in total. The second-order valence-electron chi connectivity index (χ2n) is 4.88. The molecule has 0 bridgehead atoms. The second kappa shape index (κ2) is 5.64. The third kappa shape index (κ3) is 2.90. The molecule has 2 rings (SSSR count). The van der Waals surface area contributed by atoms with Gasteiger partial charge in [-0.25, -0.2) is 0 Å². The molecule has 0 aliphatic rings. The van der Waals surface area contributed by atoms with Gasteiger partial charge in [-0.05, 0) is 25.1 Å². The molecular formula is C14H19N5O. The van der Waals surface area contributed by atoms with Crippen molar-refractivity contribution >= 4 is 17.3 Å². The molecule has 20 heavy (non-hydrogen) atoms. The highest BCUT2D eigenvalue weighted by Crippen LogP contribution is 2.21. The first-order valence-electron chi connectivity index (χ1n) is 6.33. The summed E-state index contributed by atoms with van der Waals surface area (Å²) in [6.45, 7) is 2.60. The molecule has 0 saturated carbocycles. The van der Waals surface area contributed by atoms with Crippen LogP contribution in [-0.4, -0.2) is 35.1 Å². The molecule has 0 fully saturated rings. The van der Waals surface area contributed by atoms with Crippen LogP contribution in [0.4, 0.5) is 11.4 Å². The zero-order valence-corrected chi connectivity index (χ0v) is 11.9. The van der Waals surface area contributed by atoms with Crippen LogP contribution < -0.4 is 11.1 Å². The molecule has 0 radical (unpaired) electrons. The van der Waals surface area contributed by atoms with Crippen molar-refractivity contribution < 1.29 is 4.79 Å². The Morgan fingerprint density at radius 2 is 2.20 bits per heavy atom. The number of hydrogen-bond acceptors (Lipinski definition) is 4. The standard InChI is InChI=1S/C14H19N5O/c1-9-11(8-17-18-9)7-16-13-5-4-10(6-12(13)15)14(20)19(2)3/h4-6,8,16H,7,15H2,1-3H3,(H,17,18). The van der Waals surface area contributed by atoms with Gasteiger partial charge in [-0.2, -0.15) is 5.10 Å². The lowest BCUT2D eigenvalue weighted by atomic mass is 10.1. The summed E-state index contributed by atoms with van der Waals surface area (Å²) in [7, 11) is 3.43. The summed E-state index contributed by atoms with van der Waals surface area (Å²) >= 11 is 0. The fraction of sp³-hybridized carbons (Fsp3) is 0.286. The zero-order valence-electron chi connectivity index (χ0n) is 11.9. The maximum absolute atomic E-state index is 11.8. The Morgan fingerprint density at radius 1 is 1.45 bits per heavy atom. The van der Waals surface area contributed by atoms with Gasteiger partial charge >= 0.3 is 0 Å². The van der Waals surface area contributed by atoms with Crippen LogP contribution in [0.2, 0.25) is 0 Å². The number of hydrogen-bond donors (Lipinski definition) is 3. The van der Waals surface area contributed by atoms with Gasteiger partial charge in [-0.3, -0.25) is 9.89 Å². The number of aromatic nitrogens is 2. The lowest BCUT2D eigenvalue weighted by Gasteiger charge is -2.13. The lowest BCUT2D eigenvalue weighted by molar-refractivity contribution is 0.0827. The van der Waals surface area contributed by atoms with E-state index in [9.17, 15) is 4.79 Å². The predicted molar refractivity (Wildman–Crippen MR) is 79.5 cm³/mol. The van der Waals surface area contributed by atoms with Crippen molar-refractivity contribution in [2.75, 3.05) is 25.1 Å². The van der Waals surface area contributed by atoms with Crippen molar-refractivity contribution in [2.45, 2.75) is 13.5 Å². The minimum Gasteiger partial charge on any atom is -0.397 e. The quantitative estimate of drug-likeness (QED) is 0.739. The van der Waals surface area contributed by atoms with Crippen molar-refractivity contribution in [3.63, 3.8) is 0 Å². The largest absolute Gasteiger partial charge is 0.397 e. The van der Waals surface area contributed by atoms with Gasteiger partial charge in [0.25, 0.3) is 5.91 Å². The number of anilines is 2. The number of nitrogen functional groups attached to an aromatic ring is 1. The molecule has 1 amide bonds. The molecule has 6 nitrogen and oxygen atoms in total. The first-order valence-corrected chi connectivity index (χ1v) is 6.33. The van der Waals surface area contributed by atoms with E-state index in [-0.39, 0.29) is 5.91 Å². The Balaban J connectivity index is 2.10. The van der Waals surface area contributed by atoms with Gasteiger partial charge in [-0.15, -0.1) is 0 Å². The van der Waals surface area contributed by atoms with Gasteiger partial charge in [0, 0.05) is 37.5 Å². The van der Waals surface area contributed by atoms with Crippen LogP contribution >= 0.6 is 0 Å². The van der Waals surface area contributed by atoms with Crippen LogP contribution in [-0.2, 0) is 6.54 Å². The van der Waals surface area contributed by atoms with E-state index in [4.69, 9.17) is 5.73 Å². The van der Waals surface area contributed by atoms with Crippen LogP contribution in [0.25, 0.3) is 0 Å². The number of carbonyl (C=O) groups is 1. The van der Waals surface area contributed by atoms with E-state index in [1.807, 2.05) is 13.0 Å². The first kappa shape index (κ1) is 13.9. The Hall–Kier alpha value is -2.50. The number of rotatable bonds is 4. The minimum atomic E-state index is -0.0612. The topological polar surface area (TPSA) is 87.0 Å². The summed E-state index contributed by atoms with van der Waals surface area (Å²) < 4.78 is 0. The monoisotopic (exact) mass is 273 g/mol. The van der Waals surface area contributed by atoms with Crippen molar-refractivity contribution in [3.05, 3.63) is 41.2 Å². The SMILES string of the molecule is Cc1[nH]ncc1CNc1ccc(C(=O)N(C)C)cc1N. The summed E-state index contributed by atoms with van der Waals surface area (Å²) in [5, 5.41) is 10.1. The Kier molecular flexibility index (Phi) is 3.93. The summed E-state index contributed by atoms with van der Waals surface area (Å²) in [4.78, 5) is 13.4. The van der Waals surface area contributed by atoms with Gasteiger partial charge in [0.15, 0.2) is 0 Å². The number of nitrogens with two attached hydrogens (primary N) is 1. The van der Waals surface area contributed by atoms with E-state index < -0.39 is 0 Å². The molecule has 0 spiro atoms. The molecular weight excluding hydrogens is 254 g/mol. The second-order valence-corrected chi connectivity index (χ2v) is 4.88. The fourth-order valence-corrected chi connectivity index (χ4v) is 1.86. The molecule has 0 atom stereocenters.